The number of fused-ring (bicyclic) bond motifs is 1. The zero-order valence-corrected chi connectivity index (χ0v) is 19.4. The van der Waals surface area contributed by atoms with Gasteiger partial charge in [0.25, 0.3) is 0 Å². The molecule has 30 heavy (non-hydrogen) atoms. The van der Waals surface area contributed by atoms with Crippen molar-refractivity contribution in [1.82, 2.24) is 14.9 Å². The number of nitriles is 1. The van der Waals surface area contributed by atoms with Crippen molar-refractivity contribution < 1.29 is 4.74 Å². The second-order valence-electron chi connectivity index (χ2n) is 7.11. The average Bonchev–Trinajstić information content (AvgIpc) is 3.43. The largest absolute Gasteiger partial charge is 0.490 e. The van der Waals surface area contributed by atoms with Crippen LogP contribution in [0.5, 0.6) is 5.75 Å². The third-order valence-corrected chi connectivity index (χ3v) is 6.13. The first kappa shape index (κ1) is 22.3. The van der Waals surface area contributed by atoms with Gasteiger partial charge in [-0.25, -0.2) is 0 Å². The summed E-state index contributed by atoms with van der Waals surface area (Å²) in [7, 11) is 1.89. The van der Waals surface area contributed by atoms with Gasteiger partial charge in [-0.2, -0.15) is 5.26 Å². The topological polar surface area (TPSA) is 70.8 Å². The maximum absolute atomic E-state index is 9.43. The Balaban J connectivity index is 0.000000589. The van der Waals surface area contributed by atoms with E-state index in [2.05, 4.69) is 39.2 Å². The second kappa shape index (κ2) is 10.6. The lowest BCUT2D eigenvalue weighted by molar-refractivity contribution is 0.242. The fraction of sp³-hybridized carbons (Fsp3) is 0.348. The number of ether oxygens (including phenoxy) is 1. The molecule has 5 nitrogen and oxygen atoms in total. The Morgan fingerprint density at radius 1 is 1.17 bits per heavy atom. The summed E-state index contributed by atoms with van der Waals surface area (Å²) in [5, 5.41) is 20.0. The van der Waals surface area contributed by atoms with Crippen LogP contribution in [0.3, 0.4) is 0 Å². The van der Waals surface area contributed by atoms with Gasteiger partial charge in [-0.1, -0.05) is 41.5 Å². The highest BCUT2D eigenvalue weighted by molar-refractivity contribution is 7.96. The molecule has 0 fully saturated rings. The predicted molar refractivity (Wildman–Crippen MR) is 126 cm³/mol. The summed E-state index contributed by atoms with van der Waals surface area (Å²) >= 11 is 3.18. The van der Waals surface area contributed by atoms with Crippen molar-refractivity contribution >= 4 is 23.3 Å². The quantitative estimate of drug-likeness (QED) is 0.530. The van der Waals surface area contributed by atoms with Crippen molar-refractivity contribution in [2.75, 3.05) is 13.3 Å². The van der Waals surface area contributed by atoms with Gasteiger partial charge < -0.3 is 4.74 Å². The lowest BCUT2D eigenvalue weighted by Crippen LogP contribution is -2.06. The van der Waals surface area contributed by atoms with Crippen LogP contribution in [0, 0.1) is 11.3 Å². The second-order valence-corrected chi connectivity index (χ2v) is 8.90. The van der Waals surface area contributed by atoms with Crippen LogP contribution in [0.1, 0.15) is 37.0 Å². The highest BCUT2D eigenvalue weighted by atomic mass is 32.2. The molecule has 2 aromatic carbocycles. The first-order valence-electron chi connectivity index (χ1n) is 9.93. The van der Waals surface area contributed by atoms with Crippen molar-refractivity contribution in [3.05, 3.63) is 53.1 Å². The van der Waals surface area contributed by atoms with Crippen LogP contribution in [-0.4, -0.2) is 29.6 Å². The van der Waals surface area contributed by atoms with Gasteiger partial charge in [0.2, 0.25) is 0 Å². The molecule has 0 radical (unpaired) electrons. The maximum Gasteiger partial charge on any atom is 0.148 e. The Hall–Kier alpha value is -2.40. The highest BCUT2D eigenvalue weighted by Gasteiger charge is 2.18. The molecule has 7 heteroatoms. The van der Waals surface area contributed by atoms with Gasteiger partial charge in [0, 0.05) is 11.1 Å². The molecule has 1 aliphatic rings. The van der Waals surface area contributed by atoms with Gasteiger partial charge in [0.05, 0.1) is 11.7 Å². The summed E-state index contributed by atoms with van der Waals surface area (Å²) < 4.78 is 8.54. The third-order valence-electron chi connectivity index (χ3n) is 4.72. The SMILES string of the molecule is CC(C)Oc1ccc(-c2nnc(-c3cccc4c3CCC4)s2)cc1C#N.CNSC. The Labute approximate surface area is 186 Å². The molecule has 0 amide bonds. The Morgan fingerprint density at radius 2 is 1.93 bits per heavy atom. The molecule has 0 bridgehead atoms. The minimum absolute atomic E-state index is 0.0289. The number of aromatic nitrogens is 2. The molecular weight excluding hydrogens is 412 g/mol. The zero-order chi connectivity index (χ0) is 21.5. The molecule has 4 rings (SSSR count). The molecule has 0 spiro atoms. The minimum atomic E-state index is 0.0289. The van der Waals surface area contributed by atoms with Gasteiger partial charge >= 0.3 is 0 Å². The lowest BCUT2D eigenvalue weighted by Gasteiger charge is -2.11. The molecule has 1 aliphatic carbocycles. The summed E-state index contributed by atoms with van der Waals surface area (Å²) in [6, 6.07) is 14.3. The first-order valence-corrected chi connectivity index (χ1v) is 12.0. The molecule has 0 unspecified atom stereocenters. The molecule has 1 heterocycles. The number of hydrogen-bond acceptors (Lipinski definition) is 7. The van der Waals surface area contributed by atoms with Gasteiger partial charge in [-0.15, -0.1) is 10.2 Å². The molecule has 0 saturated heterocycles. The first-order chi connectivity index (χ1) is 14.6. The summed E-state index contributed by atoms with van der Waals surface area (Å²) in [5.41, 5.74) is 5.46. The fourth-order valence-electron chi connectivity index (χ4n) is 3.38. The number of nitrogens with zero attached hydrogens (tertiary/aromatic N) is 3. The standard InChI is InChI=1S/C21H19N3OS.C2H7NS/c1-13(2)25-19-10-9-15(11-16(19)12-22)20-23-24-21(26-20)18-8-4-6-14-5-3-7-17(14)18;1-3-4-2/h4,6,8-11,13H,3,5,7H2,1-2H3;3H,1-2H3. The smallest absolute Gasteiger partial charge is 0.148 e. The molecule has 0 saturated carbocycles. The zero-order valence-electron chi connectivity index (χ0n) is 17.7. The summed E-state index contributed by atoms with van der Waals surface area (Å²) in [4.78, 5) is 0. The number of aryl methyl sites for hydroxylation is 1. The van der Waals surface area contributed by atoms with E-state index in [9.17, 15) is 5.26 Å². The molecule has 1 N–H and O–H groups in total. The van der Waals surface area contributed by atoms with Gasteiger partial charge in [0.1, 0.15) is 21.8 Å². The van der Waals surface area contributed by atoms with Gasteiger partial charge in [-0.3, -0.25) is 4.72 Å². The van der Waals surface area contributed by atoms with Crippen LogP contribution < -0.4 is 9.46 Å². The van der Waals surface area contributed by atoms with Gasteiger partial charge in [0.15, 0.2) is 0 Å². The van der Waals surface area contributed by atoms with Crippen LogP contribution in [0.2, 0.25) is 0 Å². The van der Waals surface area contributed by atoms with E-state index < -0.39 is 0 Å². The van der Waals surface area contributed by atoms with Crippen molar-refractivity contribution in [1.29, 1.82) is 5.26 Å². The molecule has 156 valence electrons. The van der Waals surface area contributed by atoms with Crippen molar-refractivity contribution in [2.24, 2.45) is 0 Å². The van der Waals surface area contributed by atoms with Crippen molar-refractivity contribution in [2.45, 2.75) is 39.2 Å². The molecular formula is C23H26N4OS2. The summed E-state index contributed by atoms with van der Waals surface area (Å²) in [6.45, 7) is 3.90. The Morgan fingerprint density at radius 3 is 2.63 bits per heavy atom. The van der Waals surface area contributed by atoms with E-state index in [1.807, 2.05) is 45.4 Å². The van der Waals surface area contributed by atoms with E-state index >= 15 is 0 Å². The minimum Gasteiger partial charge on any atom is -0.490 e. The van der Waals surface area contributed by atoms with E-state index in [4.69, 9.17) is 4.74 Å². The number of benzene rings is 2. The van der Waals surface area contributed by atoms with Crippen molar-refractivity contribution in [3.63, 3.8) is 0 Å². The summed E-state index contributed by atoms with van der Waals surface area (Å²) in [5.74, 6) is 0.608. The van der Waals surface area contributed by atoms with E-state index in [-0.39, 0.29) is 6.10 Å². The highest BCUT2D eigenvalue weighted by Crippen LogP contribution is 2.37. The van der Waals surface area contributed by atoms with Crippen LogP contribution >= 0.6 is 23.3 Å². The van der Waals surface area contributed by atoms with E-state index in [1.54, 1.807) is 23.3 Å². The van der Waals surface area contributed by atoms with Crippen LogP contribution in [0.15, 0.2) is 36.4 Å². The fourth-order valence-corrected chi connectivity index (χ4v) is 4.27. The van der Waals surface area contributed by atoms with Crippen LogP contribution in [0.4, 0.5) is 0 Å². The predicted octanol–water partition coefficient (Wildman–Crippen LogP) is 5.50. The van der Waals surface area contributed by atoms with E-state index in [0.717, 1.165) is 28.4 Å². The molecule has 0 atom stereocenters. The Kier molecular flexibility index (Phi) is 7.86. The Bertz CT molecular complexity index is 1040. The lowest BCUT2D eigenvalue weighted by atomic mass is 10.0. The monoisotopic (exact) mass is 438 g/mol. The summed E-state index contributed by atoms with van der Waals surface area (Å²) in [6.07, 6.45) is 5.49. The van der Waals surface area contributed by atoms with Crippen LogP contribution in [-0.2, 0) is 12.8 Å². The van der Waals surface area contributed by atoms with E-state index in [1.165, 1.54) is 23.1 Å². The van der Waals surface area contributed by atoms with E-state index in [0.29, 0.717) is 11.3 Å². The molecule has 1 aromatic heterocycles. The molecule has 0 aliphatic heterocycles. The normalized spacial score (nSPS) is 12.1. The maximum atomic E-state index is 9.43. The van der Waals surface area contributed by atoms with Crippen LogP contribution in [0.25, 0.3) is 21.1 Å². The molecule has 3 aromatic rings. The third kappa shape index (κ3) is 5.20. The van der Waals surface area contributed by atoms with Crippen molar-refractivity contribution in [3.8, 4) is 33.0 Å². The number of nitrogens with one attached hydrogen (secondary N) is 1. The number of rotatable bonds is 5. The average molecular weight is 439 g/mol. The number of hydrogen-bond donors (Lipinski definition) is 1. The van der Waals surface area contributed by atoms with Gasteiger partial charge in [-0.05, 0) is 75.7 Å².